The summed E-state index contributed by atoms with van der Waals surface area (Å²) in [5, 5.41) is 7.59. The summed E-state index contributed by atoms with van der Waals surface area (Å²) in [6.45, 7) is 12.6. The molecule has 1 heterocycles. The Kier molecular flexibility index (Phi) is 6.16. The Morgan fingerprint density at radius 3 is 2.30 bits per heavy atom. The molecule has 0 saturated carbocycles. The molecule has 1 rings (SSSR count). The summed E-state index contributed by atoms with van der Waals surface area (Å²) >= 11 is 0. The molecule has 0 amide bonds. The van der Waals surface area contributed by atoms with E-state index in [4.69, 9.17) is 0 Å². The molecule has 7 heteroatoms. The quantitative estimate of drug-likeness (QED) is 0.731. The molecule has 0 aliphatic heterocycles. The molecule has 0 fully saturated rings. The molecular weight excluding hydrogens is 276 g/mol. The monoisotopic (exact) mass is 302 g/mol. The van der Waals surface area contributed by atoms with Gasteiger partial charge in [-0.1, -0.05) is 20.8 Å². The van der Waals surface area contributed by atoms with Gasteiger partial charge in [-0.25, -0.2) is 8.42 Å². The Morgan fingerprint density at radius 2 is 1.80 bits per heavy atom. The smallest absolute Gasteiger partial charge is 0.246 e. The summed E-state index contributed by atoms with van der Waals surface area (Å²) in [5.41, 5.74) is 1.29. The predicted molar refractivity (Wildman–Crippen MR) is 80.4 cm³/mol. The van der Waals surface area contributed by atoms with Crippen molar-refractivity contribution in [3.63, 3.8) is 0 Å². The number of aryl methyl sites for hydroxylation is 1. The number of likely N-dealkylation sites (N-methyl/N-ethyl adjacent to an activating group) is 1. The summed E-state index contributed by atoms with van der Waals surface area (Å²) < 4.78 is 28.5. The van der Waals surface area contributed by atoms with Gasteiger partial charge in [0.2, 0.25) is 10.0 Å². The van der Waals surface area contributed by atoms with Crippen molar-refractivity contribution in [2.45, 2.75) is 46.1 Å². The minimum absolute atomic E-state index is 0.359. The number of hydrogen-bond donors (Lipinski definition) is 1. The van der Waals surface area contributed by atoms with Gasteiger partial charge in [-0.05, 0) is 20.4 Å². The lowest BCUT2D eigenvalue weighted by molar-refractivity contribution is 0.444. The zero-order chi connectivity index (χ0) is 15.3. The van der Waals surface area contributed by atoms with Gasteiger partial charge >= 0.3 is 0 Å². The van der Waals surface area contributed by atoms with Crippen molar-refractivity contribution in [1.82, 2.24) is 19.4 Å². The van der Waals surface area contributed by atoms with Crippen LogP contribution in [-0.2, 0) is 16.6 Å². The Morgan fingerprint density at radius 1 is 1.20 bits per heavy atom. The molecule has 0 saturated heterocycles. The average molecular weight is 302 g/mol. The summed E-state index contributed by atoms with van der Waals surface area (Å²) in [5.74, 6) is 0. The minimum atomic E-state index is -3.44. The molecule has 0 aromatic carbocycles. The second kappa shape index (κ2) is 7.19. The zero-order valence-corrected chi connectivity index (χ0v) is 13.9. The van der Waals surface area contributed by atoms with Gasteiger partial charge in [-0.3, -0.25) is 4.68 Å². The molecule has 0 unspecified atom stereocenters. The van der Waals surface area contributed by atoms with Gasteiger partial charge in [0.05, 0.1) is 17.9 Å². The van der Waals surface area contributed by atoms with Crippen LogP contribution in [0.4, 0.5) is 0 Å². The first-order valence-corrected chi connectivity index (χ1v) is 8.58. The molecule has 1 aromatic heterocycles. The van der Waals surface area contributed by atoms with E-state index in [1.807, 2.05) is 27.7 Å². The van der Waals surface area contributed by atoms with Crippen LogP contribution in [0, 0.1) is 13.8 Å². The molecule has 0 aliphatic rings. The van der Waals surface area contributed by atoms with E-state index in [1.165, 1.54) is 4.31 Å². The molecule has 6 nitrogen and oxygen atoms in total. The van der Waals surface area contributed by atoms with E-state index in [9.17, 15) is 8.42 Å². The Hall–Kier alpha value is -0.920. The molecular formula is C13H26N4O2S. The van der Waals surface area contributed by atoms with Crippen LogP contribution < -0.4 is 5.32 Å². The molecule has 20 heavy (non-hydrogen) atoms. The molecule has 1 aromatic rings. The lowest BCUT2D eigenvalue weighted by Gasteiger charge is -2.18. The van der Waals surface area contributed by atoms with Gasteiger partial charge in [0, 0.05) is 19.6 Å². The third kappa shape index (κ3) is 3.39. The van der Waals surface area contributed by atoms with Gasteiger partial charge in [-0.2, -0.15) is 9.40 Å². The highest BCUT2D eigenvalue weighted by Crippen LogP contribution is 2.23. The molecule has 1 N–H and O–H groups in total. The van der Waals surface area contributed by atoms with E-state index in [0.717, 1.165) is 13.1 Å². The van der Waals surface area contributed by atoms with Crippen LogP contribution in [0.3, 0.4) is 0 Å². The molecule has 0 aliphatic carbocycles. The molecule has 0 atom stereocenters. The Bertz CT molecular complexity index is 533. The number of aromatic nitrogens is 2. The van der Waals surface area contributed by atoms with Crippen LogP contribution in [0.15, 0.2) is 4.90 Å². The van der Waals surface area contributed by atoms with Crippen molar-refractivity contribution in [1.29, 1.82) is 0 Å². The SMILES string of the molecule is CCNCCn1nc(C)c(S(=O)(=O)N(CC)CC)c1C. The van der Waals surface area contributed by atoms with Crippen molar-refractivity contribution >= 4 is 10.0 Å². The van der Waals surface area contributed by atoms with Crippen LogP contribution in [-0.4, -0.2) is 48.7 Å². The van der Waals surface area contributed by atoms with E-state index < -0.39 is 10.0 Å². The van der Waals surface area contributed by atoms with E-state index in [1.54, 1.807) is 11.6 Å². The maximum atomic E-state index is 12.6. The number of sulfonamides is 1. The van der Waals surface area contributed by atoms with Gasteiger partial charge in [0.15, 0.2) is 0 Å². The second-order valence-electron chi connectivity index (χ2n) is 4.67. The fraction of sp³-hybridized carbons (Fsp3) is 0.769. The lowest BCUT2D eigenvalue weighted by atomic mass is 10.4. The number of hydrogen-bond acceptors (Lipinski definition) is 4. The van der Waals surface area contributed by atoms with Crippen molar-refractivity contribution in [3.8, 4) is 0 Å². The van der Waals surface area contributed by atoms with Crippen LogP contribution in [0.5, 0.6) is 0 Å². The zero-order valence-electron chi connectivity index (χ0n) is 13.1. The summed E-state index contributed by atoms with van der Waals surface area (Å²) in [7, 11) is -3.44. The first-order chi connectivity index (χ1) is 9.39. The molecule has 0 radical (unpaired) electrons. The number of rotatable bonds is 8. The molecule has 116 valence electrons. The van der Waals surface area contributed by atoms with Crippen molar-refractivity contribution < 1.29 is 8.42 Å². The van der Waals surface area contributed by atoms with Gasteiger partial charge < -0.3 is 5.32 Å². The first-order valence-electron chi connectivity index (χ1n) is 7.14. The van der Waals surface area contributed by atoms with Crippen molar-refractivity contribution in [3.05, 3.63) is 11.4 Å². The van der Waals surface area contributed by atoms with E-state index in [2.05, 4.69) is 10.4 Å². The minimum Gasteiger partial charge on any atom is -0.315 e. The third-order valence-corrected chi connectivity index (χ3v) is 5.67. The maximum absolute atomic E-state index is 12.6. The van der Waals surface area contributed by atoms with E-state index in [0.29, 0.717) is 35.9 Å². The third-order valence-electron chi connectivity index (χ3n) is 3.37. The van der Waals surface area contributed by atoms with Gasteiger partial charge in [0.25, 0.3) is 0 Å². The lowest BCUT2D eigenvalue weighted by Crippen LogP contribution is -2.31. The van der Waals surface area contributed by atoms with Crippen LogP contribution in [0.2, 0.25) is 0 Å². The molecule has 0 spiro atoms. The second-order valence-corrected chi connectivity index (χ2v) is 6.54. The fourth-order valence-electron chi connectivity index (χ4n) is 2.33. The number of nitrogens with zero attached hydrogens (tertiary/aromatic N) is 3. The summed E-state index contributed by atoms with van der Waals surface area (Å²) in [6.07, 6.45) is 0. The first kappa shape index (κ1) is 17.1. The Labute approximate surface area is 122 Å². The van der Waals surface area contributed by atoms with Crippen molar-refractivity contribution in [2.75, 3.05) is 26.2 Å². The highest BCUT2D eigenvalue weighted by atomic mass is 32.2. The average Bonchev–Trinajstić information content (AvgIpc) is 2.66. The van der Waals surface area contributed by atoms with Crippen LogP contribution in [0.1, 0.15) is 32.2 Å². The standard InChI is InChI=1S/C13H26N4O2S/c1-6-14-9-10-17-12(5)13(11(4)15-17)20(18,19)16(7-2)8-3/h14H,6-10H2,1-5H3. The number of nitrogens with one attached hydrogen (secondary N) is 1. The fourth-order valence-corrected chi connectivity index (χ4v) is 4.16. The van der Waals surface area contributed by atoms with Gasteiger partial charge in [-0.15, -0.1) is 0 Å². The normalized spacial score (nSPS) is 12.3. The highest BCUT2D eigenvalue weighted by molar-refractivity contribution is 7.89. The predicted octanol–water partition coefficient (Wildman–Crippen LogP) is 1.14. The van der Waals surface area contributed by atoms with Gasteiger partial charge in [0.1, 0.15) is 4.90 Å². The van der Waals surface area contributed by atoms with Crippen LogP contribution in [0.25, 0.3) is 0 Å². The highest BCUT2D eigenvalue weighted by Gasteiger charge is 2.28. The van der Waals surface area contributed by atoms with Crippen molar-refractivity contribution in [2.24, 2.45) is 0 Å². The summed E-state index contributed by atoms with van der Waals surface area (Å²) in [4.78, 5) is 0.359. The van der Waals surface area contributed by atoms with Crippen LogP contribution >= 0.6 is 0 Å². The van der Waals surface area contributed by atoms with E-state index in [-0.39, 0.29) is 0 Å². The van der Waals surface area contributed by atoms with E-state index >= 15 is 0 Å². The molecule has 0 bridgehead atoms. The largest absolute Gasteiger partial charge is 0.315 e. The Balaban J connectivity index is 3.13. The topological polar surface area (TPSA) is 67.2 Å². The maximum Gasteiger partial charge on any atom is 0.246 e. The summed E-state index contributed by atoms with van der Waals surface area (Å²) in [6, 6.07) is 0.